The number of ether oxygens (including phenoxy) is 2. The first kappa shape index (κ1) is 26.7. The number of aryl methyl sites for hydroxylation is 1. The van der Waals surface area contributed by atoms with Gasteiger partial charge in [0.25, 0.3) is 0 Å². The van der Waals surface area contributed by atoms with Gasteiger partial charge in [0.05, 0.1) is 47.8 Å². The maximum absolute atomic E-state index is 13.7. The summed E-state index contributed by atoms with van der Waals surface area (Å²) in [6.45, 7) is 5.26. The van der Waals surface area contributed by atoms with E-state index in [4.69, 9.17) is 9.47 Å². The minimum Gasteiger partial charge on any atom is -0.507 e. The van der Waals surface area contributed by atoms with E-state index >= 15 is 0 Å². The highest BCUT2D eigenvalue weighted by molar-refractivity contribution is 6.32. The summed E-state index contributed by atoms with van der Waals surface area (Å²) in [4.78, 5) is 27.3. The number of ketones is 2. The van der Waals surface area contributed by atoms with Crippen molar-refractivity contribution in [1.29, 1.82) is 0 Å². The Bertz CT molecular complexity index is 1560. The van der Waals surface area contributed by atoms with Crippen molar-refractivity contribution in [3.63, 3.8) is 0 Å². The molecule has 2 heterocycles. The average Bonchev–Trinajstić information content (AvgIpc) is 2.90. The van der Waals surface area contributed by atoms with E-state index in [9.17, 15) is 35.1 Å². The number of fused-ring (bicyclic) bond motifs is 3. The lowest BCUT2D eigenvalue weighted by Gasteiger charge is -2.44. The molecule has 2 saturated heterocycles. The number of hydrogen-bond acceptors (Lipinski definition) is 9. The lowest BCUT2D eigenvalue weighted by Crippen LogP contribution is -2.50. The maximum atomic E-state index is 13.7. The molecule has 0 saturated carbocycles. The summed E-state index contributed by atoms with van der Waals surface area (Å²) >= 11 is 0. The Morgan fingerprint density at radius 3 is 2.23 bits per heavy atom. The van der Waals surface area contributed by atoms with Gasteiger partial charge in [-0.3, -0.25) is 9.59 Å². The molecule has 2 aliphatic heterocycles. The zero-order valence-electron chi connectivity index (χ0n) is 22.4. The number of carbonyl (C=O) groups excluding carboxylic acids is 2. The summed E-state index contributed by atoms with van der Waals surface area (Å²) in [5, 5.41) is 54.4. The minimum atomic E-state index is -0.828. The van der Waals surface area contributed by atoms with Gasteiger partial charge < -0.3 is 35.0 Å². The van der Waals surface area contributed by atoms with Gasteiger partial charge in [-0.25, -0.2) is 0 Å². The van der Waals surface area contributed by atoms with Gasteiger partial charge in [0.2, 0.25) is 0 Å². The van der Waals surface area contributed by atoms with Gasteiger partial charge in [-0.05, 0) is 69.9 Å². The Morgan fingerprint density at radius 1 is 0.800 bits per heavy atom. The second kappa shape index (κ2) is 9.55. The molecule has 3 aliphatic rings. The molecule has 3 aromatic carbocycles. The lowest BCUT2D eigenvalue weighted by molar-refractivity contribution is -0.198. The van der Waals surface area contributed by atoms with Crippen LogP contribution >= 0.6 is 0 Å². The number of aliphatic hydroxyl groups is 2. The van der Waals surface area contributed by atoms with Crippen molar-refractivity contribution in [2.24, 2.45) is 5.92 Å². The van der Waals surface area contributed by atoms with Gasteiger partial charge in [-0.1, -0.05) is 6.07 Å². The second-order valence-corrected chi connectivity index (χ2v) is 11.4. The third kappa shape index (κ3) is 3.99. The van der Waals surface area contributed by atoms with Gasteiger partial charge in [-0.15, -0.1) is 0 Å². The average molecular weight is 549 g/mol. The van der Waals surface area contributed by atoms with Crippen molar-refractivity contribution in [3.8, 4) is 17.2 Å². The van der Waals surface area contributed by atoms with Crippen molar-refractivity contribution in [1.82, 2.24) is 0 Å². The summed E-state index contributed by atoms with van der Waals surface area (Å²) in [6.07, 6.45) is -1.97. The Kier molecular flexibility index (Phi) is 6.38. The third-order valence-electron chi connectivity index (χ3n) is 8.79. The van der Waals surface area contributed by atoms with Crippen molar-refractivity contribution in [3.05, 3.63) is 63.7 Å². The quantitative estimate of drug-likeness (QED) is 0.252. The second-order valence-electron chi connectivity index (χ2n) is 11.4. The first-order valence-corrected chi connectivity index (χ1v) is 13.6. The Morgan fingerprint density at radius 2 is 1.50 bits per heavy atom. The van der Waals surface area contributed by atoms with Gasteiger partial charge in [0.1, 0.15) is 17.2 Å². The topological polar surface area (TPSA) is 154 Å². The molecule has 9 nitrogen and oxygen atoms in total. The number of phenolic OH excluding ortho intramolecular Hbond substituents is 3. The molecule has 210 valence electrons. The van der Waals surface area contributed by atoms with Crippen LogP contribution in [-0.2, 0) is 9.47 Å². The molecule has 2 fully saturated rings. The van der Waals surface area contributed by atoms with Crippen molar-refractivity contribution >= 4 is 22.3 Å². The number of aromatic hydroxyl groups is 3. The van der Waals surface area contributed by atoms with Crippen LogP contribution in [0.2, 0.25) is 0 Å². The molecule has 1 aliphatic carbocycles. The fraction of sp³-hybridized carbons (Fsp3) is 0.419. The van der Waals surface area contributed by atoms with Crippen molar-refractivity contribution in [2.75, 3.05) is 0 Å². The molecule has 0 aromatic heterocycles. The maximum Gasteiger partial charge on any atom is 0.198 e. The predicted molar refractivity (Wildman–Crippen MR) is 144 cm³/mol. The van der Waals surface area contributed by atoms with Crippen LogP contribution in [0.4, 0.5) is 0 Å². The Balaban J connectivity index is 1.40. The van der Waals surface area contributed by atoms with E-state index in [0.717, 1.165) is 0 Å². The SMILES string of the molecule is Cc1cc(O)c2cc3c(c(O)c2c1)C(=O)c1ccc([C@@H]2C[C@H]([C@H]4CC[C@H](O)[C@H](C)O4)[C@@H](O)[C@H](C)O2)c(O)c1C3=O. The van der Waals surface area contributed by atoms with Gasteiger partial charge >= 0.3 is 0 Å². The summed E-state index contributed by atoms with van der Waals surface area (Å²) < 4.78 is 12.1. The zero-order chi connectivity index (χ0) is 28.6. The number of phenols is 3. The van der Waals surface area contributed by atoms with Crippen LogP contribution in [0.15, 0.2) is 30.3 Å². The Hall–Kier alpha value is -3.50. The van der Waals surface area contributed by atoms with Gasteiger partial charge in [0, 0.05) is 33.4 Å². The van der Waals surface area contributed by atoms with E-state index in [1.54, 1.807) is 32.9 Å². The minimum absolute atomic E-state index is 0.0378. The van der Waals surface area contributed by atoms with Crippen LogP contribution in [0, 0.1) is 12.8 Å². The number of carbonyl (C=O) groups is 2. The van der Waals surface area contributed by atoms with Crippen LogP contribution in [0.25, 0.3) is 10.8 Å². The van der Waals surface area contributed by atoms with E-state index in [2.05, 4.69) is 0 Å². The highest BCUT2D eigenvalue weighted by Gasteiger charge is 2.44. The molecular formula is C31H32O9. The molecule has 5 N–H and O–H groups in total. The standard InChI is InChI=1S/C31H32O9/c1-12-8-18-17(22(33)9-12)10-20-26(30(18)37)29(36)16-5-4-15(28(35)25(16)31(20)38)24-11-19(27(34)14(3)40-24)23-7-6-21(32)13(2)39-23/h4-5,8-10,13-14,19,21,23-24,27,32-35,37H,6-7,11H2,1-3H3/t13-,14-,19+,21-,23+,24-,27-/m0/s1. The fourth-order valence-corrected chi connectivity index (χ4v) is 6.59. The molecule has 0 unspecified atom stereocenters. The van der Waals surface area contributed by atoms with Crippen molar-refractivity contribution in [2.45, 2.75) is 76.7 Å². The van der Waals surface area contributed by atoms with Crippen molar-refractivity contribution < 1.29 is 44.6 Å². The van der Waals surface area contributed by atoms with E-state index in [0.29, 0.717) is 30.4 Å². The fourth-order valence-electron chi connectivity index (χ4n) is 6.59. The number of rotatable bonds is 2. The lowest BCUT2D eigenvalue weighted by atomic mass is 9.77. The summed E-state index contributed by atoms with van der Waals surface area (Å²) in [7, 11) is 0. The number of benzene rings is 3. The summed E-state index contributed by atoms with van der Waals surface area (Å²) in [5.41, 5.74) is 0.475. The van der Waals surface area contributed by atoms with Crippen LogP contribution in [0.5, 0.6) is 17.2 Å². The van der Waals surface area contributed by atoms with Gasteiger partial charge in [0.15, 0.2) is 11.6 Å². The molecule has 7 atom stereocenters. The predicted octanol–water partition coefficient (Wildman–Crippen LogP) is 3.80. The molecule has 9 heteroatoms. The first-order chi connectivity index (χ1) is 19.0. The highest BCUT2D eigenvalue weighted by atomic mass is 16.5. The zero-order valence-corrected chi connectivity index (χ0v) is 22.4. The van der Waals surface area contributed by atoms with Crippen LogP contribution in [0.1, 0.15) is 82.2 Å². The normalized spacial score (nSPS) is 30.3. The molecule has 0 radical (unpaired) electrons. The molecule has 40 heavy (non-hydrogen) atoms. The van der Waals surface area contributed by atoms with Crippen LogP contribution in [-0.4, -0.2) is 67.6 Å². The van der Waals surface area contributed by atoms with Crippen LogP contribution in [0.3, 0.4) is 0 Å². The van der Waals surface area contributed by atoms with E-state index in [-0.39, 0.29) is 56.9 Å². The largest absolute Gasteiger partial charge is 0.507 e. The third-order valence-corrected chi connectivity index (χ3v) is 8.79. The first-order valence-electron chi connectivity index (χ1n) is 13.6. The van der Waals surface area contributed by atoms with Crippen LogP contribution < -0.4 is 0 Å². The molecule has 0 bridgehead atoms. The molecule has 0 amide bonds. The monoisotopic (exact) mass is 548 g/mol. The van der Waals surface area contributed by atoms with E-state index in [1.807, 2.05) is 0 Å². The summed E-state index contributed by atoms with van der Waals surface area (Å²) in [6, 6.07) is 7.49. The van der Waals surface area contributed by atoms with Gasteiger partial charge in [-0.2, -0.15) is 0 Å². The molecule has 3 aromatic rings. The number of aliphatic hydroxyl groups excluding tert-OH is 2. The highest BCUT2D eigenvalue weighted by Crippen LogP contribution is 2.47. The summed E-state index contributed by atoms with van der Waals surface area (Å²) in [5.74, 6) is -2.53. The smallest absolute Gasteiger partial charge is 0.198 e. The van der Waals surface area contributed by atoms with E-state index < -0.39 is 47.5 Å². The molecule has 0 spiro atoms. The molecule has 6 rings (SSSR count). The number of hydrogen-bond donors (Lipinski definition) is 5. The Labute approximate surface area is 230 Å². The van der Waals surface area contributed by atoms with E-state index in [1.165, 1.54) is 18.2 Å². The molecular weight excluding hydrogens is 516 g/mol.